The molecule has 0 aliphatic heterocycles. The van der Waals surface area contributed by atoms with Crippen molar-refractivity contribution in [2.45, 2.75) is 33.1 Å². The summed E-state index contributed by atoms with van der Waals surface area (Å²) in [6.07, 6.45) is 0.564. The van der Waals surface area contributed by atoms with Crippen LogP contribution in [0.2, 0.25) is 0 Å². The van der Waals surface area contributed by atoms with Gasteiger partial charge in [0.1, 0.15) is 11.5 Å². The lowest BCUT2D eigenvalue weighted by molar-refractivity contribution is 0.0922. The van der Waals surface area contributed by atoms with E-state index in [1.54, 1.807) is 6.07 Å². The van der Waals surface area contributed by atoms with Crippen molar-refractivity contribution in [1.82, 2.24) is 10.5 Å². The first kappa shape index (κ1) is 17.0. The van der Waals surface area contributed by atoms with Crippen LogP contribution in [0.3, 0.4) is 0 Å². The van der Waals surface area contributed by atoms with E-state index in [9.17, 15) is 4.79 Å². The molecule has 0 spiro atoms. The van der Waals surface area contributed by atoms with Crippen LogP contribution in [-0.4, -0.2) is 17.6 Å². The second-order valence-electron chi connectivity index (χ2n) is 6.27. The molecule has 2 aromatic heterocycles. The van der Waals surface area contributed by atoms with E-state index in [0.29, 0.717) is 18.7 Å². The maximum atomic E-state index is 12.3. The molecule has 3 aromatic rings. The van der Waals surface area contributed by atoms with Gasteiger partial charge in [-0.15, -0.1) is 0 Å². The Hall–Kier alpha value is -2.82. The number of carbonyl (C=O) groups excluding carboxylic acids is 1. The molecule has 1 atom stereocenters. The minimum Gasteiger partial charge on any atom is -0.456 e. The van der Waals surface area contributed by atoms with Crippen molar-refractivity contribution in [2.24, 2.45) is 0 Å². The van der Waals surface area contributed by atoms with Crippen LogP contribution in [-0.2, 0) is 6.42 Å². The number of aryl methyl sites for hydroxylation is 2. The number of amides is 1. The molecule has 25 heavy (non-hydrogen) atoms. The average molecular weight is 338 g/mol. The summed E-state index contributed by atoms with van der Waals surface area (Å²) >= 11 is 0. The molecule has 5 nitrogen and oxygen atoms in total. The molecule has 0 unspecified atom stereocenters. The van der Waals surface area contributed by atoms with E-state index in [1.165, 1.54) is 5.56 Å². The van der Waals surface area contributed by atoms with Gasteiger partial charge in [0, 0.05) is 18.5 Å². The van der Waals surface area contributed by atoms with Gasteiger partial charge in [0.2, 0.25) is 0 Å². The zero-order chi connectivity index (χ0) is 17.8. The van der Waals surface area contributed by atoms with Crippen molar-refractivity contribution in [3.63, 3.8) is 0 Å². The van der Waals surface area contributed by atoms with Gasteiger partial charge in [-0.1, -0.05) is 42.4 Å². The van der Waals surface area contributed by atoms with Crippen molar-refractivity contribution in [2.75, 3.05) is 6.54 Å². The maximum absolute atomic E-state index is 12.3. The highest BCUT2D eigenvalue weighted by atomic mass is 16.5. The molecule has 0 fully saturated rings. The monoisotopic (exact) mass is 338 g/mol. The summed E-state index contributed by atoms with van der Waals surface area (Å²) < 4.78 is 10.8. The number of nitrogens with one attached hydrogen (secondary N) is 1. The third-order valence-electron chi connectivity index (χ3n) is 4.36. The molecular weight excluding hydrogens is 316 g/mol. The Kier molecular flexibility index (Phi) is 5.03. The first-order valence-electron chi connectivity index (χ1n) is 8.38. The molecule has 130 valence electrons. The lowest BCUT2D eigenvalue weighted by Crippen LogP contribution is -2.27. The average Bonchev–Trinajstić information content (AvgIpc) is 3.22. The Morgan fingerprint density at radius 2 is 1.92 bits per heavy atom. The van der Waals surface area contributed by atoms with Crippen molar-refractivity contribution < 1.29 is 13.7 Å². The number of benzene rings is 1. The van der Waals surface area contributed by atoms with E-state index < -0.39 is 0 Å². The third-order valence-corrected chi connectivity index (χ3v) is 4.36. The minimum absolute atomic E-state index is 0.201. The largest absolute Gasteiger partial charge is 0.456 e. The van der Waals surface area contributed by atoms with E-state index in [1.807, 2.05) is 38.1 Å². The summed E-state index contributed by atoms with van der Waals surface area (Å²) in [6.45, 7) is 6.41. The number of nitrogens with zero attached hydrogens (tertiary/aromatic N) is 1. The van der Waals surface area contributed by atoms with Gasteiger partial charge in [0.15, 0.2) is 5.76 Å². The summed E-state index contributed by atoms with van der Waals surface area (Å²) in [4.78, 5) is 12.3. The normalized spacial score (nSPS) is 12.1. The third kappa shape index (κ3) is 3.99. The number of aromatic nitrogens is 1. The highest BCUT2D eigenvalue weighted by molar-refractivity contribution is 5.91. The van der Waals surface area contributed by atoms with Gasteiger partial charge >= 0.3 is 0 Å². The molecule has 3 rings (SSSR count). The predicted octanol–water partition coefficient (Wildman–Crippen LogP) is 4.01. The Bertz CT molecular complexity index is 829. The van der Waals surface area contributed by atoms with Crippen molar-refractivity contribution in [3.05, 3.63) is 76.6 Å². The topological polar surface area (TPSA) is 68.3 Å². The minimum atomic E-state index is -0.201. The van der Waals surface area contributed by atoms with Crippen LogP contribution in [0.15, 0.2) is 51.4 Å². The van der Waals surface area contributed by atoms with Gasteiger partial charge in [-0.05, 0) is 37.5 Å². The highest BCUT2D eigenvalue weighted by Crippen LogP contribution is 2.19. The fourth-order valence-corrected chi connectivity index (χ4v) is 2.76. The number of rotatable bonds is 6. The van der Waals surface area contributed by atoms with Crippen molar-refractivity contribution in [3.8, 4) is 0 Å². The van der Waals surface area contributed by atoms with Crippen LogP contribution < -0.4 is 5.32 Å². The molecule has 0 saturated heterocycles. The second kappa shape index (κ2) is 7.38. The predicted molar refractivity (Wildman–Crippen MR) is 94.7 cm³/mol. The van der Waals surface area contributed by atoms with Crippen molar-refractivity contribution in [1.29, 1.82) is 0 Å². The standard InChI is InChI=1S/C20H22N2O3/c1-13(16-7-5-4-6-8-16)12-21-20(23)19-10-9-17(24-19)11-18-14(2)22-25-15(18)3/h4-10,13H,11-12H2,1-3H3,(H,21,23)/t13-/m1/s1. The zero-order valence-corrected chi connectivity index (χ0v) is 14.7. The lowest BCUT2D eigenvalue weighted by atomic mass is 10.0. The van der Waals surface area contributed by atoms with E-state index in [2.05, 4.69) is 29.5 Å². The number of hydrogen-bond acceptors (Lipinski definition) is 4. The molecular formula is C20H22N2O3. The Morgan fingerprint density at radius 3 is 2.60 bits per heavy atom. The summed E-state index contributed by atoms with van der Waals surface area (Å²) in [5, 5.41) is 6.86. The molecule has 1 aromatic carbocycles. The molecule has 1 amide bonds. The second-order valence-corrected chi connectivity index (χ2v) is 6.27. The van der Waals surface area contributed by atoms with Crippen LogP contribution in [0.25, 0.3) is 0 Å². The van der Waals surface area contributed by atoms with Crippen LogP contribution >= 0.6 is 0 Å². The maximum Gasteiger partial charge on any atom is 0.287 e. The molecule has 5 heteroatoms. The number of furan rings is 1. The summed E-state index contributed by atoms with van der Waals surface area (Å²) in [7, 11) is 0. The van der Waals surface area contributed by atoms with Gasteiger partial charge in [-0.25, -0.2) is 0 Å². The summed E-state index contributed by atoms with van der Waals surface area (Å²) in [6, 6.07) is 13.6. The molecule has 0 aliphatic rings. The van der Waals surface area contributed by atoms with Gasteiger partial charge < -0.3 is 14.3 Å². The molecule has 0 bridgehead atoms. The van der Waals surface area contributed by atoms with E-state index >= 15 is 0 Å². The number of hydrogen-bond donors (Lipinski definition) is 1. The molecule has 1 N–H and O–H groups in total. The van der Waals surface area contributed by atoms with Crippen LogP contribution in [0.5, 0.6) is 0 Å². The summed E-state index contributed by atoms with van der Waals surface area (Å²) in [5.41, 5.74) is 3.04. The van der Waals surface area contributed by atoms with Gasteiger partial charge in [0.05, 0.1) is 5.69 Å². The first-order valence-corrected chi connectivity index (χ1v) is 8.38. The fraction of sp³-hybridized carbons (Fsp3) is 0.300. The summed E-state index contributed by atoms with van der Waals surface area (Å²) in [5.74, 6) is 1.85. The smallest absolute Gasteiger partial charge is 0.287 e. The molecule has 0 aliphatic carbocycles. The first-order chi connectivity index (χ1) is 12.0. The van der Waals surface area contributed by atoms with Crippen LogP contribution in [0.4, 0.5) is 0 Å². The Morgan fingerprint density at radius 1 is 1.16 bits per heavy atom. The quantitative estimate of drug-likeness (QED) is 0.737. The molecule has 0 saturated carbocycles. The van der Waals surface area contributed by atoms with Gasteiger partial charge in [0.25, 0.3) is 5.91 Å². The highest BCUT2D eigenvalue weighted by Gasteiger charge is 2.16. The molecule has 2 heterocycles. The zero-order valence-electron chi connectivity index (χ0n) is 14.7. The fourth-order valence-electron chi connectivity index (χ4n) is 2.76. The van der Waals surface area contributed by atoms with E-state index in [0.717, 1.165) is 22.8 Å². The van der Waals surface area contributed by atoms with Crippen LogP contribution in [0, 0.1) is 13.8 Å². The van der Waals surface area contributed by atoms with Crippen LogP contribution in [0.1, 0.15) is 51.7 Å². The lowest BCUT2D eigenvalue weighted by Gasteiger charge is -2.12. The molecule has 0 radical (unpaired) electrons. The van der Waals surface area contributed by atoms with Gasteiger partial charge in [-0.3, -0.25) is 4.79 Å². The van der Waals surface area contributed by atoms with Crippen molar-refractivity contribution >= 4 is 5.91 Å². The Balaban J connectivity index is 1.59. The van der Waals surface area contributed by atoms with Gasteiger partial charge in [-0.2, -0.15) is 0 Å². The number of carbonyl (C=O) groups is 1. The Labute approximate surface area is 147 Å². The SMILES string of the molecule is Cc1noc(C)c1Cc1ccc(C(=O)NC[C@@H](C)c2ccccc2)o1. The van der Waals surface area contributed by atoms with E-state index in [-0.39, 0.29) is 11.8 Å². The van der Waals surface area contributed by atoms with E-state index in [4.69, 9.17) is 8.94 Å².